The summed E-state index contributed by atoms with van der Waals surface area (Å²) >= 11 is 0. The normalized spacial score (nSPS) is 14.1. The molecule has 6 nitrogen and oxygen atoms in total. The number of aromatic hydroxyl groups is 2. The summed E-state index contributed by atoms with van der Waals surface area (Å²) in [5.74, 6) is -1.70. The average Bonchev–Trinajstić information content (AvgIpc) is 2.95. The molecule has 3 aromatic rings. The van der Waals surface area contributed by atoms with Gasteiger partial charge in [-0.25, -0.2) is 4.79 Å². The number of carbonyl (C=O) groups is 2. The molecule has 0 aromatic heterocycles. The molecule has 1 aliphatic rings. The largest absolute Gasteiger partial charge is 0.507 e. The first-order valence-electron chi connectivity index (χ1n) is 8.78. The quantitative estimate of drug-likeness (QED) is 0.551. The van der Waals surface area contributed by atoms with Crippen LogP contribution in [-0.4, -0.2) is 22.2 Å². The first kappa shape index (κ1) is 17.6. The van der Waals surface area contributed by atoms with Gasteiger partial charge in [-0.2, -0.15) is 0 Å². The van der Waals surface area contributed by atoms with E-state index in [1.165, 1.54) is 18.2 Å². The van der Waals surface area contributed by atoms with Gasteiger partial charge in [-0.1, -0.05) is 54.1 Å². The average molecular weight is 374 g/mol. The second kappa shape index (κ2) is 6.74. The van der Waals surface area contributed by atoms with Crippen molar-refractivity contribution in [3.8, 4) is 22.6 Å². The lowest BCUT2D eigenvalue weighted by atomic mass is 10.0. The summed E-state index contributed by atoms with van der Waals surface area (Å²) in [6, 6.07) is 16.6. The van der Waals surface area contributed by atoms with E-state index < -0.39 is 29.5 Å². The Balaban J connectivity index is 1.59. The zero-order chi connectivity index (χ0) is 19.8. The predicted molar refractivity (Wildman–Crippen MR) is 104 cm³/mol. The maximum Gasteiger partial charge on any atom is 0.322 e. The van der Waals surface area contributed by atoms with Crippen molar-refractivity contribution >= 4 is 11.9 Å². The monoisotopic (exact) mass is 374 g/mol. The van der Waals surface area contributed by atoms with Crippen LogP contribution in [-0.2, 0) is 0 Å². The third kappa shape index (κ3) is 2.95. The Morgan fingerprint density at radius 3 is 2.29 bits per heavy atom. The minimum absolute atomic E-state index is 0.347. The van der Waals surface area contributed by atoms with Crippen molar-refractivity contribution in [2.75, 3.05) is 0 Å². The maximum atomic E-state index is 12.5. The van der Waals surface area contributed by atoms with E-state index in [1.807, 2.05) is 43.3 Å². The number of phenols is 2. The van der Waals surface area contributed by atoms with Crippen LogP contribution in [0, 0.1) is 6.92 Å². The molecule has 1 unspecified atom stereocenters. The van der Waals surface area contributed by atoms with Gasteiger partial charge >= 0.3 is 6.03 Å². The Labute approximate surface area is 161 Å². The number of carbonyl (C=O) groups excluding carboxylic acids is 2. The SMILES string of the molecule is Cc1ccc2c(c1)-c1ccccc1C2NC(=O)NC(=O)c1c(O)cccc1O. The summed E-state index contributed by atoms with van der Waals surface area (Å²) in [7, 11) is 0. The van der Waals surface area contributed by atoms with E-state index in [1.54, 1.807) is 0 Å². The summed E-state index contributed by atoms with van der Waals surface area (Å²) in [6.07, 6.45) is 0. The molecule has 0 heterocycles. The van der Waals surface area contributed by atoms with E-state index in [9.17, 15) is 19.8 Å². The maximum absolute atomic E-state index is 12.5. The van der Waals surface area contributed by atoms with Gasteiger partial charge in [0.1, 0.15) is 17.1 Å². The molecule has 0 fully saturated rings. The van der Waals surface area contributed by atoms with Gasteiger partial charge in [-0.15, -0.1) is 0 Å². The molecule has 0 bridgehead atoms. The Morgan fingerprint density at radius 2 is 1.54 bits per heavy atom. The van der Waals surface area contributed by atoms with Gasteiger partial charge in [0.25, 0.3) is 5.91 Å². The number of phenolic OH excluding ortho intramolecular Hbond substituents is 2. The number of amides is 3. The van der Waals surface area contributed by atoms with E-state index in [2.05, 4.69) is 16.7 Å². The van der Waals surface area contributed by atoms with E-state index in [0.29, 0.717) is 0 Å². The van der Waals surface area contributed by atoms with Gasteiger partial charge in [0.2, 0.25) is 0 Å². The van der Waals surface area contributed by atoms with Gasteiger partial charge < -0.3 is 15.5 Å². The minimum Gasteiger partial charge on any atom is -0.507 e. The van der Waals surface area contributed by atoms with Crippen molar-refractivity contribution in [1.29, 1.82) is 0 Å². The van der Waals surface area contributed by atoms with Crippen molar-refractivity contribution < 1.29 is 19.8 Å². The van der Waals surface area contributed by atoms with E-state index in [4.69, 9.17) is 0 Å². The number of fused-ring (bicyclic) bond motifs is 3. The van der Waals surface area contributed by atoms with Gasteiger partial charge in [0, 0.05) is 0 Å². The first-order chi connectivity index (χ1) is 13.5. The number of aryl methyl sites for hydroxylation is 1. The number of rotatable bonds is 2. The molecule has 0 aliphatic heterocycles. The third-order valence-corrected chi connectivity index (χ3v) is 4.83. The lowest BCUT2D eigenvalue weighted by Crippen LogP contribution is -2.41. The van der Waals surface area contributed by atoms with E-state index >= 15 is 0 Å². The summed E-state index contributed by atoms with van der Waals surface area (Å²) in [5, 5.41) is 24.6. The highest BCUT2D eigenvalue weighted by molar-refractivity contribution is 6.07. The zero-order valence-electron chi connectivity index (χ0n) is 15.1. The molecule has 4 N–H and O–H groups in total. The van der Waals surface area contributed by atoms with Gasteiger partial charge in [-0.3, -0.25) is 10.1 Å². The molecular formula is C22H18N2O4. The lowest BCUT2D eigenvalue weighted by Gasteiger charge is -2.16. The molecule has 1 aliphatic carbocycles. The van der Waals surface area contributed by atoms with Crippen LogP contribution in [0.25, 0.3) is 11.1 Å². The third-order valence-electron chi connectivity index (χ3n) is 4.83. The first-order valence-corrected chi connectivity index (χ1v) is 8.78. The molecule has 1 atom stereocenters. The van der Waals surface area contributed by atoms with Crippen molar-refractivity contribution in [3.05, 3.63) is 82.9 Å². The summed E-state index contributed by atoms with van der Waals surface area (Å²) in [6.45, 7) is 2.01. The predicted octanol–water partition coefficient (Wildman–Crippen LogP) is 3.62. The molecule has 0 radical (unpaired) electrons. The number of benzene rings is 3. The number of hydrogen-bond donors (Lipinski definition) is 4. The molecule has 3 amide bonds. The topological polar surface area (TPSA) is 98.7 Å². The molecule has 28 heavy (non-hydrogen) atoms. The second-order valence-corrected chi connectivity index (χ2v) is 6.71. The lowest BCUT2D eigenvalue weighted by molar-refractivity contribution is 0.0958. The van der Waals surface area contributed by atoms with Gasteiger partial charge in [-0.05, 0) is 41.3 Å². The minimum atomic E-state index is -0.886. The summed E-state index contributed by atoms with van der Waals surface area (Å²) in [5.41, 5.74) is 4.74. The molecule has 0 spiro atoms. The number of nitrogens with one attached hydrogen (secondary N) is 2. The Hall–Kier alpha value is -3.80. The van der Waals surface area contributed by atoms with Crippen LogP contribution >= 0.6 is 0 Å². The zero-order valence-corrected chi connectivity index (χ0v) is 15.1. The van der Waals surface area contributed by atoms with Crippen molar-refractivity contribution in [2.24, 2.45) is 0 Å². The summed E-state index contributed by atoms with van der Waals surface area (Å²) in [4.78, 5) is 24.8. The highest BCUT2D eigenvalue weighted by Gasteiger charge is 2.30. The molecule has 0 saturated heterocycles. The molecule has 3 aromatic carbocycles. The Bertz CT molecular complexity index is 1090. The van der Waals surface area contributed by atoms with Crippen LogP contribution in [0.2, 0.25) is 0 Å². The van der Waals surface area contributed by atoms with Crippen LogP contribution < -0.4 is 10.6 Å². The fraction of sp³-hybridized carbons (Fsp3) is 0.0909. The van der Waals surface area contributed by atoms with Crippen LogP contribution in [0.4, 0.5) is 4.79 Å². The highest BCUT2D eigenvalue weighted by atomic mass is 16.3. The summed E-state index contributed by atoms with van der Waals surface area (Å²) < 4.78 is 0. The molecule has 140 valence electrons. The van der Waals surface area contributed by atoms with Crippen molar-refractivity contribution in [2.45, 2.75) is 13.0 Å². The Kier molecular flexibility index (Phi) is 4.24. The van der Waals surface area contributed by atoms with E-state index in [-0.39, 0.29) is 5.56 Å². The van der Waals surface area contributed by atoms with Crippen LogP contribution in [0.1, 0.15) is 33.1 Å². The fourth-order valence-corrected chi connectivity index (χ4v) is 3.57. The van der Waals surface area contributed by atoms with Crippen LogP contribution in [0.15, 0.2) is 60.7 Å². The standard InChI is InChI=1S/C22H18N2O4/c1-12-9-10-15-16(11-12)13-5-2-3-6-14(13)20(15)23-22(28)24-21(27)19-17(25)7-4-8-18(19)26/h2-11,20,25-26H,1H3,(H2,23,24,27,28). The molecule has 0 saturated carbocycles. The highest BCUT2D eigenvalue weighted by Crippen LogP contribution is 2.43. The van der Waals surface area contributed by atoms with Gasteiger partial charge in [0.15, 0.2) is 0 Å². The van der Waals surface area contributed by atoms with Gasteiger partial charge in [0.05, 0.1) is 6.04 Å². The molecular weight excluding hydrogens is 356 g/mol. The molecule has 6 heteroatoms. The Morgan fingerprint density at radius 1 is 0.857 bits per heavy atom. The molecule has 4 rings (SSSR count). The van der Waals surface area contributed by atoms with Crippen LogP contribution in [0.5, 0.6) is 11.5 Å². The van der Waals surface area contributed by atoms with Crippen LogP contribution in [0.3, 0.4) is 0 Å². The number of imide groups is 1. The number of urea groups is 1. The second-order valence-electron chi connectivity index (χ2n) is 6.71. The van der Waals surface area contributed by atoms with E-state index in [0.717, 1.165) is 27.8 Å². The smallest absolute Gasteiger partial charge is 0.322 e. The van der Waals surface area contributed by atoms with Crippen molar-refractivity contribution in [3.63, 3.8) is 0 Å². The number of hydrogen-bond acceptors (Lipinski definition) is 4. The fourth-order valence-electron chi connectivity index (χ4n) is 3.57. The van der Waals surface area contributed by atoms with Crippen molar-refractivity contribution in [1.82, 2.24) is 10.6 Å².